The fourth-order valence-corrected chi connectivity index (χ4v) is 3.82. The highest BCUT2D eigenvalue weighted by molar-refractivity contribution is 7.89. The Hall–Kier alpha value is -1.89. The maximum Gasteiger partial charge on any atom is 0.258 e. The average molecular weight is 365 g/mol. The molecule has 0 saturated carbocycles. The third-order valence-electron chi connectivity index (χ3n) is 4.07. The molecule has 0 radical (unpaired) electrons. The molecule has 2 aromatic carbocycles. The first-order valence-corrected chi connectivity index (χ1v) is 9.42. The molecule has 0 atom stereocenters. The van der Waals surface area contributed by atoms with Crippen molar-refractivity contribution in [1.82, 2.24) is 4.72 Å². The van der Waals surface area contributed by atoms with Gasteiger partial charge < -0.3 is 4.90 Å². The second-order valence-electron chi connectivity index (χ2n) is 5.57. The average Bonchev–Trinajstić information content (AvgIpc) is 2.60. The summed E-state index contributed by atoms with van der Waals surface area (Å²) >= 11 is 5.97. The van der Waals surface area contributed by atoms with Crippen LogP contribution in [-0.2, 0) is 16.4 Å². The van der Waals surface area contributed by atoms with Gasteiger partial charge in [-0.25, -0.2) is 13.1 Å². The second-order valence-corrected chi connectivity index (χ2v) is 7.89. The lowest BCUT2D eigenvalue weighted by Gasteiger charge is -2.30. The SMILES string of the molecule is CNS(=O)(=O)c1ccc2c(c1)CCCN2C(=O)c1cccc(Cl)c1. The van der Waals surface area contributed by atoms with Crippen molar-refractivity contribution in [1.29, 1.82) is 0 Å². The van der Waals surface area contributed by atoms with E-state index in [0.29, 0.717) is 17.1 Å². The quantitative estimate of drug-likeness (QED) is 0.910. The van der Waals surface area contributed by atoms with Crippen molar-refractivity contribution in [2.24, 2.45) is 0 Å². The van der Waals surface area contributed by atoms with E-state index in [1.54, 1.807) is 41.3 Å². The highest BCUT2D eigenvalue weighted by atomic mass is 35.5. The molecule has 2 aromatic rings. The van der Waals surface area contributed by atoms with Gasteiger partial charge in [-0.15, -0.1) is 0 Å². The van der Waals surface area contributed by atoms with Gasteiger partial charge in [-0.1, -0.05) is 17.7 Å². The molecule has 1 heterocycles. The minimum Gasteiger partial charge on any atom is -0.308 e. The second kappa shape index (κ2) is 6.55. The van der Waals surface area contributed by atoms with Crippen molar-refractivity contribution in [3.63, 3.8) is 0 Å². The molecule has 0 bridgehead atoms. The summed E-state index contributed by atoms with van der Waals surface area (Å²) < 4.78 is 26.2. The van der Waals surface area contributed by atoms with E-state index in [2.05, 4.69) is 4.72 Å². The molecule has 0 saturated heterocycles. The maximum atomic E-state index is 12.8. The van der Waals surface area contributed by atoms with Crippen LogP contribution in [0.15, 0.2) is 47.4 Å². The van der Waals surface area contributed by atoms with Crippen molar-refractivity contribution < 1.29 is 13.2 Å². The van der Waals surface area contributed by atoms with E-state index in [1.807, 2.05) is 0 Å². The predicted molar refractivity (Wildman–Crippen MR) is 94.1 cm³/mol. The van der Waals surface area contributed by atoms with Gasteiger partial charge in [0.1, 0.15) is 0 Å². The van der Waals surface area contributed by atoms with Crippen molar-refractivity contribution in [2.45, 2.75) is 17.7 Å². The van der Waals surface area contributed by atoms with Crippen molar-refractivity contribution in [3.05, 3.63) is 58.6 Å². The van der Waals surface area contributed by atoms with E-state index in [-0.39, 0.29) is 10.8 Å². The molecule has 1 amide bonds. The van der Waals surface area contributed by atoms with Gasteiger partial charge in [-0.2, -0.15) is 0 Å². The number of carbonyl (C=O) groups excluding carboxylic acids is 1. The third kappa shape index (κ3) is 3.17. The lowest BCUT2D eigenvalue weighted by atomic mass is 10.0. The Balaban J connectivity index is 1.99. The van der Waals surface area contributed by atoms with E-state index in [1.165, 1.54) is 13.1 Å². The lowest BCUT2D eigenvalue weighted by molar-refractivity contribution is 0.0985. The van der Waals surface area contributed by atoms with E-state index < -0.39 is 10.0 Å². The molecule has 126 valence electrons. The van der Waals surface area contributed by atoms with Crippen LogP contribution in [0.4, 0.5) is 5.69 Å². The molecule has 1 N–H and O–H groups in total. The molecular weight excluding hydrogens is 348 g/mol. The summed E-state index contributed by atoms with van der Waals surface area (Å²) in [6.07, 6.45) is 1.52. The number of hydrogen-bond acceptors (Lipinski definition) is 3. The molecule has 5 nitrogen and oxygen atoms in total. The van der Waals surface area contributed by atoms with E-state index in [0.717, 1.165) is 24.1 Å². The zero-order valence-corrected chi connectivity index (χ0v) is 14.7. The van der Waals surface area contributed by atoms with Crippen LogP contribution >= 0.6 is 11.6 Å². The number of nitrogens with zero attached hydrogens (tertiary/aromatic N) is 1. The molecule has 0 aliphatic carbocycles. The van der Waals surface area contributed by atoms with Gasteiger partial charge in [-0.05, 0) is 61.9 Å². The summed E-state index contributed by atoms with van der Waals surface area (Å²) in [6.45, 7) is 0.594. The normalized spacial score (nSPS) is 14.3. The number of halogens is 1. The number of benzene rings is 2. The van der Waals surface area contributed by atoms with Gasteiger partial charge in [0.05, 0.1) is 4.90 Å². The summed E-state index contributed by atoms with van der Waals surface area (Å²) in [5, 5.41) is 0.508. The molecule has 0 spiro atoms. The maximum absolute atomic E-state index is 12.8. The Labute approximate surface area is 146 Å². The van der Waals surface area contributed by atoms with Crippen molar-refractivity contribution in [2.75, 3.05) is 18.5 Å². The zero-order valence-electron chi connectivity index (χ0n) is 13.1. The van der Waals surface area contributed by atoms with E-state index in [9.17, 15) is 13.2 Å². The van der Waals surface area contributed by atoms with Crippen molar-refractivity contribution in [3.8, 4) is 0 Å². The number of hydrogen-bond donors (Lipinski definition) is 1. The van der Waals surface area contributed by atoms with Gasteiger partial charge in [0.15, 0.2) is 0 Å². The lowest BCUT2D eigenvalue weighted by Crippen LogP contribution is -2.35. The number of rotatable bonds is 3. The number of fused-ring (bicyclic) bond motifs is 1. The van der Waals surface area contributed by atoms with Crippen LogP contribution in [0.3, 0.4) is 0 Å². The topological polar surface area (TPSA) is 66.5 Å². The molecular formula is C17H17ClN2O3S. The van der Waals surface area contributed by atoms with Gasteiger partial charge >= 0.3 is 0 Å². The number of nitrogens with one attached hydrogen (secondary N) is 1. The summed E-state index contributed by atoms with van der Waals surface area (Å²) in [5.74, 6) is -0.136. The summed E-state index contributed by atoms with van der Waals surface area (Å²) in [6, 6.07) is 11.7. The van der Waals surface area contributed by atoms with Crippen LogP contribution in [-0.4, -0.2) is 27.9 Å². The van der Waals surface area contributed by atoms with Crippen LogP contribution in [0.1, 0.15) is 22.3 Å². The van der Waals surface area contributed by atoms with Crippen LogP contribution in [0.25, 0.3) is 0 Å². The molecule has 1 aliphatic heterocycles. The Morgan fingerprint density at radius 3 is 2.71 bits per heavy atom. The first kappa shape index (κ1) is 17.0. The number of anilines is 1. The number of aryl methyl sites for hydroxylation is 1. The minimum absolute atomic E-state index is 0.136. The smallest absolute Gasteiger partial charge is 0.258 e. The highest BCUT2D eigenvalue weighted by Gasteiger charge is 2.25. The molecule has 0 aromatic heterocycles. The summed E-state index contributed by atoms with van der Waals surface area (Å²) in [5.41, 5.74) is 2.12. The van der Waals surface area contributed by atoms with Gasteiger partial charge in [-0.3, -0.25) is 4.79 Å². The highest BCUT2D eigenvalue weighted by Crippen LogP contribution is 2.30. The zero-order chi connectivity index (χ0) is 17.3. The number of sulfonamides is 1. The fraction of sp³-hybridized carbons (Fsp3) is 0.235. The van der Waals surface area contributed by atoms with Crippen LogP contribution in [0.5, 0.6) is 0 Å². The van der Waals surface area contributed by atoms with E-state index in [4.69, 9.17) is 11.6 Å². The molecule has 7 heteroatoms. The Kier molecular flexibility index (Phi) is 4.62. The monoisotopic (exact) mass is 364 g/mol. The Morgan fingerprint density at radius 1 is 1.21 bits per heavy atom. The molecule has 24 heavy (non-hydrogen) atoms. The van der Waals surface area contributed by atoms with Gasteiger partial charge in [0, 0.05) is 22.8 Å². The predicted octanol–water partition coefficient (Wildman–Crippen LogP) is 2.84. The minimum atomic E-state index is -3.50. The van der Waals surface area contributed by atoms with Gasteiger partial charge in [0.2, 0.25) is 10.0 Å². The number of amides is 1. The molecule has 1 aliphatic rings. The van der Waals surface area contributed by atoms with Crippen LogP contribution < -0.4 is 9.62 Å². The fourth-order valence-electron chi connectivity index (χ4n) is 2.85. The third-order valence-corrected chi connectivity index (χ3v) is 5.71. The first-order valence-electron chi connectivity index (χ1n) is 7.56. The first-order chi connectivity index (χ1) is 11.4. The largest absolute Gasteiger partial charge is 0.308 e. The Bertz CT molecular complexity index is 896. The van der Waals surface area contributed by atoms with Crippen LogP contribution in [0, 0.1) is 0 Å². The number of carbonyl (C=O) groups is 1. The standard InChI is InChI=1S/C17H17ClN2O3S/c1-19-24(22,23)15-7-8-16-12(11-15)5-3-9-20(16)17(21)13-4-2-6-14(18)10-13/h2,4,6-8,10-11,19H,3,5,9H2,1H3. The van der Waals surface area contributed by atoms with Crippen LogP contribution in [0.2, 0.25) is 5.02 Å². The van der Waals surface area contributed by atoms with Gasteiger partial charge in [0.25, 0.3) is 5.91 Å². The Morgan fingerprint density at radius 2 is 2.00 bits per heavy atom. The molecule has 0 unspecified atom stereocenters. The summed E-state index contributed by atoms with van der Waals surface area (Å²) in [7, 11) is -2.12. The molecule has 3 rings (SSSR count). The van der Waals surface area contributed by atoms with Crippen molar-refractivity contribution >= 4 is 33.2 Å². The van der Waals surface area contributed by atoms with E-state index >= 15 is 0 Å². The molecule has 0 fully saturated rings. The summed E-state index contributed by atoms with van der Waals surface area (Å²) in [4.78, 5) is 14.7.